The zero-order chi connectivity index (χ0) is 14.2. The van der Waals surface area contributed by atoms with Crippen LogP contribution in [-0.4, -0.2) is 28.2 Å². The number of sulfone groups is 1. The first-order valence-corrected chi connectivity index (χ1v) is 7.72. The molecular weight excluding hydrogens is 300 g/mol. The highest BCUT2D eigenvalue weighted by Crippen LogP contribution is 2.20. The van der Waals surface area contributed by atoms with Crippen LogP contribution in [0.3, 0.4) is 0 Å². The lowest BCUT2D eigenvalue weighted by Gasteiger charge is -2.05. The molecular formula is C12H9ClN4O2S. The molecule has 3 rings (SSSR count). The molecule has 8 heteroatoms. The van der Waals surface area contributed by atoms with E-state index in [1.54, 1.807) is 30.3 Å². The first-order chi connectivity index (χ1) is 9.56. The summed E-state index contributed by atoms with van der Waals surface area (Å²) >= 11 is 5.87. The number of rotatable bonds is 3. The Morgan fingerprint density at radius 1 is 1.20 bits per heavy atom. The van der Waals surface area contributed by atoms with Gasteiger partial charge in [0, 0.05) is 5.56 Å². The van der Waals surface area contributed by atoms with Gasteiger partial charge in [-0.2, -0.15) is 9.61 Å². The van der Waals surface area contributed by atoms with Crippen LogP contribution < -0.4 is 0 Å². The van der Waals surface area contributed by atoms with E-state index < -0.39 is 9.84 Å². The minimum atomic E-state index is -3.47. The Kier molecular flexibility index (Phi) is 3.15. The van der Waals surface area contributed by atoms with E-state index in [1.807, 2.05) is 0 Å². The number of hydrogen-bond acceptors (Lipinski definition) is 5. The van der Waals surface area contributed by atoms with Crippen molar-refractivity contribution in [2.45, 2.75) is 10.6 Å². The summed E-state index contributed by atoms with van der Waals surface area (Å²) in [7, 11) is -3.47. The first-order valence-electron chi connectivity index (χ1n) is 5.69. The zero-order valence-electron chi connectivity index (χ0n) is 10.1. The Morgan fingerprint density at radius 2 is 1.95 bits per heavy atom. The van der Waals surface area contributed by atoms with Crippen molar-refractivity contribution < 1.29 is 8.42 Å². The highest BCUT2D eigenvalue weighted by molar-refractivity contribution is 7.90. The summed E-state index contributed by atoms with van der Waals surface area (Å²) in [6, 6.07) is 9.72. The second-order valence-corrected chi connectivity index (χ2v) is 6.54. The number of benzene rings is 1. The number of nitrogens with zero attached hydrogens (tertiary/aromatic N) is 4. The van der Waals surface area contributed by atoms with Crippen molar-refractivity contribution in [3.05, 3.63) is 53.4 Å². The number of aromatic nitrogens is 4. The van der Waals surface area contributed by atoms with Crippen LogP contribution in [0.25, 0.3) is 5.65 Å². The van der Waals surface area contributed by atoms with Crippen LogP contribution in [0.1, 0.15) is 5.56 Å². The molecule has 0 bridgehead atoms. The normalized spacial score (nSPS) is 11.8. The van der Waals surface area contributed by atoms with E-state index in [9.17, 15) is 8.42 Å². The Morgan fingerprint density at radius 3 is 2.70 bits per heavy atom. The Balaban J connectivity index is 2.07. The Bertz CT molecular complexity index is 862. The minimum Gasteiger partial charge on any atom is -0.223 e. The second kappa shape index (κ2) is 4.84. The van der Waals surface area contributed by atoms with E-state index >= 15 is 0 Å². The molecule has 6 nitrogen and oxygen atoms in total. The molecule has 102 valence electrons. The van der Waals surface area contributed by atoms with Crippen molar-refractivity contribution in [1.82, 2.24) is 19.8 Å². The van der Waals surface area contributed by atoms with E-state index in [0.717, 1.165) is 0 Å². The van der Waals surface area contributed by atoms with E-state index in [2.05, 4.69) is 15.3 Å². The van der Waals surface area contributed by atoms with Crippen LogP contribution >= 0.6 is 11.6 Å². The van der Waals surface area contributed by atoms with Gasteiger partial charge in [0.2, 0.25) is 0 Å². The average Bonchev–Trinajstić information content (AvgIpc) is 2.87. The smallest absolute Gasteiger partial charge is 0.182 e. The Hall–Kier alpha value is -1.99. The van der Waals surface area contributed by atoms with Gasteiger partial charge in [0.15, 0.2) is 20.6 Å². The summed E-state index contributed by atoms with van der Waals surface area (Å²) < 4.78 is 26.1. The molecule has 0 aliphatic carbocycles. The van der Waals surface area contributed by atoms with Crippen molar-refractivity contribution in [2.24, 2.45) is 0 Å². The van der Waals surface area contributed by atoms with Gasteiger partial charge in [-0.3, -0.25) is 0 Å². The fourth-order valence-electron chi connectivity index (χ4n) is 1.88. The van der Waals surface area contributed by atoms with Crippen molar-refractivity contribution in [3.63, 3.8) is 0 Å². The van der Waals surface area contributed by atoms with E-state index in [4.69, 9.17) is 11.6 Å². The standard InChI is InChI=1S/C12H9ClN4O2S/c13-11-6-9(12-15-14-8-17(12)16-11)7-20(18,19)10-4-2-1-3-5-10/h1-6,8H,7H2. The van der Waals surface area contributed by atoms with E-state index in [-0.39, 0.29) is 15.8 Å². The van der Waals surface area contributed by atoms with Crippen molar-refractivity contribution in [3.8, 4) is 0 Å². The molecule has 0 saturated heterocycles. The molecule has 0 aliphatic rings. The molecule has 1 aromatic carbocycles. The maximum atomic E-state index is 12.4. The summed E-state index contributed by atoms with van der Waals surface area (Å²) in [6.45, 7) is 0. The number of hydrogen-bond donors (Lipinski definition) is 0. The van der Waals surface area contributed by atoms with Gasteiger partial charge in [0.1, 0.15) is 6.33 Å². The fourth-order valence-corrected chi connectivity index (χ4v) is 3.45. The molecule has 0 saturated carbocycles. The van der Waals surface area contributed by atoms with Gasteiger partial charge in [-0.05, 0) is 18.2 Å². The summed E-state index contributed by atoms with van der Waals surface area (Å²) in [5.74, 6) is -0.207. The van der Waals surface area contributed by atoms with Crippen LogP contribution in [-0.2, 0) is 15.6 Å². The van der Waals surface area contributed by atoms with Crippen molar-refractivity contribution in [1.29, 1.82) is 0 Å². The van der Waals surface area contributed by atoms with E-state index in [1.165, 1.54) is 16.9 Å². The van der Waals surface area contributed by atoms with Crippen molar-refractivity contribution >= 4 is 27.1 Å². The first kappa shape index (κ1) is 13.0. The third kappa shape index (κ3) is 2.37. The average molecular weight is 309 g/mol. The lowest BCUT2D eigenvalue weighted by molar-refractivity contribution is 0.595. The molecule has 0 aliphatic heterocycles. The zero-order valence-corrected chi connectivity index (χ0v) is 11.7. The highest BCUT2D eigenvalue weighted by Gasteiger charge is 2.18. The molecule has 0 fully saturated rings. The predicted molar refractivity (Wildman–Crippen MR) is 73.1 cm³/mol. The fraction of sp³-hybridized carbons (Fsp3) is 0.0833. The maximum Gasteiger partial charge on any atom is 0.182 e. The maximum absolute atomic E-state index is 12.4. The highest BCUT2D eigenvalue weighted by atomic mass is 35.5. The van der Waals surface area contributed by atoms with Gasteiger partial charge in [0.05, 0.1) is 10.6 Å². The number of halogens is 1. The second-order valence-electron chi connectivity index (χ2n) is 4.16. The van der Waals surface area contributed by atoms with Crippen LogP contribution in [0.2, 0.25) is 5.15 Å². The molecule has 0 amide bonds. The summed E-state index contributed by atoms with van der Waals surface area (Å²) in [4.78, 5) is 0.255. The van der Waals surface area contributed by atoms with E-state index in [0.29, 0.717) is 11.2 Å². The largest absolute Gasteiger partial charge is 0.223 e. The molecule has 20 heavy (non-hydrogen) atoms. The molecule has 0 N–H and O–H groups in total. The van der Waals surface area contributed by atoms with Gasteiger partial charge in [0.25, 0.3) is 0 Å². The molecule has 0 atom stereocenters. The predicted octanol–water partition coefficient (Wildman–Crippen LogP) is 1.75. The lowest BCUT2D eigenvalue weighted by Crippen LogP contribution is -2.07. The summed E-state index contributed by atoms with van der Waals surface area (Å²) in [6.07, 6.45) is 1.37. The quantitative estimate of drug-likeness (QED) is 0.736. The summed E-state index contributed by atoms with van der Waals surface area (Å²) in [5.41, 5.74) is 0.847. The molecule has 0 unspecified atom stereocenters. The van der Waals surface area contributed by atoms with Crippen LogP contribution in [0.4, 0.5) is 0 Å². The topological polar surface area (TPSA) is 77.2 Å². The molecule has 2 heterocycles. The summed E-state index contributed by atoms with van der Waals surface area (Å²) in [5, 5.41) is 11.7. The molecule has 0 radical (unpaired) electrons. The van der Waals surface area contributed by atoms with Crippen LogP contribution in [0.15, 0.2) is 47.6 Å². The van der Waals surface area contributed by atoms with Gasteiger partial charge in [-0.1, -0.05) is 29.8 Å². The van der Waals surface area contributed by atoms with Crippen LogP contribution in [0.5, 0.6) is 0 Å². The molecule has 2 aromatic heterocycles. The van der Waals surface area contributed by atoms with Gasteiger partial charge >= 0.3 is 0 Å². The SMILES string of the molecule is O=S(=O)(Cc1cc(Cl)nn2cnnc12)c1ccccc1. The Labute approximate surface area is 119 Å². The minimum absolute atomic E-state index is 0.190. The third-order valence-corrected chi connectivity index (χ3v) is 4.63. The van der Waals surface area contributed by atoms with Gasteiger partial charge in [-0.15, -0.1) is 10.2 Å². The van der Waals surface area contributed by atoms with Gasteiger partial charge < -0.3 is 0 Å². The van der Waals surface area contributed by atoms with Crippen molar-refractivity contribution in [2.75, 3.05) is 0 Å². The molecule has 0 spiro atoms. The van der Waals surface area contributed by atoms with Gasteiger partial charge in [-0.25, -0.2) is 8.42 Å². The van der Waals surface area contributed by atoms with Crippen LogP contribution in [0, 0.1) is 0 Å². The third-order valence-electron chi connectivity index (χ3n) is 2.76. The lowest BCUT2D eigenvalue weighted by atomic mass is 10.3. The number of fused-ring (bicyclic) bond motifs is 1. The molecule has 3 aromatic rings. The monoisotopic (exact) mass is 308 g/mol.